The summed E-state index contributed by atoms with van der Waals surface area (Å²) in [6.07, 6.45) is 5.17. The van der Waals surface area contributed by atoms with Crippen LogP contribution in [0.15, 0.2) is 24.3 Å². The van der Waals surface area contributed by atoms with Crippen LogP contribution in [0.5, 0.6) is 5.75 Å². The molecule has 3 atom stereocenters. The second-order valence-electron chi connectivity index (χ2n) is 5.85. The van der Waals surface area contributed by atoms with Gasteiger partial charge in [-0.3, -0.25) is 4.79 Å². The lowest BCUT2D eigenvalue weighted by Gasteiger charge is -2.30. The van der Waals surface area contributed by atoms with Crippen LogP contribution in [-0.4, -0.2) is 23.1 Å². The first-order chi connectivity index (χ1) is 9.56. The highest BCUT2D eigenvalue weighted by Gasteiger charge is 2.24. The monoisotopic (exact) mass is 276 g/mol. The van der Waals surface area contributed by atoms with Crippen molar-refractivity contribution in [2.24, 2.45) is 11.7 Å². The molecule has 0 radical (unpaired) electrons. The molecule has 4 heteroatoms. The van der Waals surface area contributed by atoms with Crippen molar-refractivity contribution < 1.29 is 9.90 Å². The van der Waals surface area contributed by atoms with Crippen molar-refractivity contribution in [2.45, 2.75) is 51.1 Å². The Morgan fingerprint density at radius 1 is 1.35 bits per heavy atom. The number of phenolic OH excluding ortho intramolecular Hbond substituents is 1. The van der Waals surface area contributed by atoms with Gasteiger partial charge < -0.3 is 16.2 Å². The largest absolute Gasteiger partial charge is 0.508 e. The van der Waals surface area contributed by atoms with Crippen LogP contribution in [0.2, 0.25) is 0 Å². The molecule has 0 bridgehead atoms. The van der Waals surface area contributed by atoms with Crippen molar-refractivity contribution in [1.82, 2.24) is 5.32 Å². The number of rotatable bonds is 4. The Labute approximate surface area is 120 Å². The summed E-state index contributed by atoms with van der Waals surface area (Å²) in [6.45, 7) is 2.19. The number of phenols is 1. The SMILES string of the molecule is CC1CCCCC1NC(=O)[C@@H](N)Cc1ccc(O)cc1. The zero-order valence-corrected chi connectivity index (χ0v) is 12.0. The normalized spacial score (nSPS) is 24.1. The zero-order chi connectivity index (χ0) is 14.5. The molecule has 0 aliphatic heterocycles. The van der Waals surface area contributed by atoms with Crippen LogP contribution >= 0.6 is 0 Å². The van der Waals surface area contributed by atoms with Crippen molar-refractivity contribution in [1.29, 1.82) is 0 Å². The number of carbonyl (C=O) groups is 1. The number of hydrogen-bond donors (Lipinski definition) is 3. The molecule has 1 aliphatic carbocycles. The van der Waals surface area contributed by atoms with Crippen molar-refractivity contribution in [3.63, 3.8) is 0 Å². The molecule has 0 spiro atoms. The summed E-state index contributed by atoms with van der Waals surface area (Å²) >= 11 is 0. The summed E-state index contributed by atoms with van der Waals surface area (Å²) in [5, 5.41) is 12.3. The van der Waals surface area contributed by atoms with Crippen LogP contribution in [0.4, 0.5) is 0 Å². The molecule has 4 nitrogen and oxygen atoms in total. The molecule has 1 aliphatic rings. The second-order valence-corrected chi connectivity index (χ2v) is 5.85. The summed E-state index contributed by atoms with van der Waals surface area (Å²) < 4.78 is 0. The van der Waals surface area contributed by atoms with Gasteiger partial charge in [-0.15, -0.1) is 0 Å². The van der Waals surface area contributed by atoms with Crippen molar-refractivity contribution in [2.75, 3.05) is 0 Å². The molecule has 4 N–H and O–H groups in total. The van der Waals surface area contributed by atoms with Crippen LogP contribution in [-0.2, 0) is 11.2 Å². The number of aromatic hydroxyl groups is 1. The van der Waals surface area contributed by atoms with Gasteiger partial charge in [0.2, 0.25) is 5.91 Å². The minimum atomic E-state index is -0.534. The van der Waals surface area contributed by atoms with Gasteiger partial charge in [0.25, 0.3) is 0 Å². The van der Waals surface area contributed by atoms with E-state index in [-0.39, 0.29) is 17.7 Å². The smallest absolute Gasteiger partial charge is 0.237 e. The third-order valence-electron chi connectivity index (χ3n) is 4.17. The highest BCUT2D eigenvalue weighted by atomic mass is 16.3. The standard InChI is InChI=1S/C16H24N2O2/c1-11-4-2-3-5-15(11)18-16(20)14(17)10-12-6-8-13(19)9-7-12/h6-9,11,14-15,19H,2-5,10,17H2,1H3,(H,18,20)/t11?,14-,15?/m0/s1. The Morgan fingerprint density at radius 2 is 2.00 bits per heavy atom. The molecule has 1 amide bonds. The maximum atomic E-state index is 12.1. The number of benzene rings is 1. The predicted octanol–water partition coefficient (Wildman–Crippen LogP) is 1.96. The van der Waals surface area contributed by atoms with Gasteiger partial charge in [-0.25, -0.2) is 0 Å². The average Bonchev–Trinajstić information content (AvgIpc) is 2.44. The molecule has 2 unspecified atom stereocenters. The average molecular weight is 276 g/mol. The number of nitrogens with one attached hydrogen (secondary N) is 1. The first kappa shape index (κ1) is 14.9. The molecule has 0 aromatic heterocycles. The highest BCUT2D eigenvalue weighted by Crippen LogP contribution is 2.23. The summed E-state index contributed by atoms with van der Waals surface area (Å²) in [6, 6.07) is 6.56. The van der Waals surface area contributed by atoms with E-state index in [9.17, 15) is 9.90 Å². The van der Waals surface area contributed by atoms with Gasteiger partial charge in [0.1, 0.15) is 5.75 Å². The third kappa shape index (κ3) is 3.97. The van der Waals surface area contributed by atoms with E-state index in [4.69, 9.17) is 5.73 Å². The van der Waals surface area contributed by atoms with E-state index in [1.807, 2.05) is 0 Å². The van der Waals surface area contributed by atoms with Gasteiger partial charge in [-0.1, -0.05) is 31.9 Å². The number of amides is 1. The van der Waals surface area contributed by atoms with Gasteiger partial charge >= 0.3 is 0 Å². The van der Waals surface area contributed by atoms with Crippen LogP contribution in [0.3, 0.4) is 0 Å². The fraction of sp³-hybridized carbons (Fsp3) is 0.562. The number of hydrogen-bond acceptors (Lipinski definition) is 3. The molecular formula is C16H24N2O2. The molecular weight excluding hydrogens is 252 g/mol. The summed E-state index contributed by atoms with van der Waals surface area (Å²) in [5.74, 6) is 0.688. The van der Waals surface area contributed by atoms with Crippen LogP contribution in [0.25, 0.3) is 0 Å². The molecule has 1 aromatic rings. The van der Waals surface area contributed by atoms with E-state index in [1.165, 1.54) is 19.3 Å². The molecule has 1 fully saturated rings. The maximum absolute atomic E-state index is 12.1. The summed E-state index contributed by atoms with van der Waals surface area (Å²) in [5.41, 5.74) is 6.94. The van der Waals surface area contributed by atoms with Crippen LogP contribution in [0.1, 0.15) is 38.2 Å². The zero-order valence-electron chi connectivity index (χ0n) is 12.0. The maximum Gasteiger partial charge on any atom is 0.237 e. The second kappa shape index (κ2) is 6.75. The highest BCUT2D eigenvalue weighted by molar-refractivity contribution is 5.82. The lowest BCUT2D eigenvalue weighted by molar-refractivity contribution is -0.123. The van der Waals surface area contributed by atoms with E-state index in [1.54, 1.807) is 24.3 Å². The topological polar surface area (TPSA) is 75.4 Å². The molecule has 1 saturated carbocycles. The van der Waals surface area contributed by atoms with E-state index >= 15 is 0 Å². The van der Waals surface area contributed by atoms with E-state index in [0.29, 0.717) is 12.3 Å². The minimum Gasteiger partial charge on any atom is -0.508 e. The lowest BCUT2D eigenvalue weighted by atomic mass is 9.86. The number of carbonyl (C=O) groups excluding carboxylic acids is 1. The molecule has 2 rings (SSSR count). The van der Waals surface area contributed by atoms with Crippen LogP contribution < -0.4 is 11.1 Å². The van der Waals surface area contributed by atoms with Crippen molar-refractivity contribution in [3.8, 4) is 5.75 Å². The first-order valence-corrected chi connectivity index (χ1v) is 7.40. The molecule has 0 heterocycles. The van der Waals surface area contributed by atoms with E-state index in [0.717, 1.165) is 12.0 Å². The Kier molecular flexibility index (Phi) is 5.01. The van der Waals surface area contributed by atoms with Gasteiger partial charge in [0.15, 0.2) is 0 Å². The summed E-state index contributed by atoms with van der Waals surface area (Å²) in [7, 11) is 0. The van der Waals surface area contributed by atoms with Gasteiger partial charge in [0, 0.05) is 6.04 Å². The molecule has 110 valence electrons. The van der Waals surface area contributed by atoms with Crippen molar-refractivity contribution >= 4 is 5.91 Å². The lowest BCUT2D eigenvalue weighted by Crippen LogP contribution is -2.49. The first-order valence-electron chi connectivity index (χ1n) is 7.40. The predicted molar refractivity (Wildman–Crippen MR) is 79.3 cm³/mol. The van der Waals surface area contributed by atoms with Crippen molar-refractivity contribution in [3.05, 3.63) is 29.8 Å². The third-order valence-corrected chi connectivity index (χ3v) is 4.17. The molecule has 0 saturated heterocycles. The summed E-state index contributed by atoms with van der Waals surface area (Å²) in [4.78, 5) is 12.1. The number of nitrogens with two attached hydrogens (primary N) is 1. The minimum absolute atomic E-state index is 0.0724. The Hall–Kier alpha value is -1.55. The Balaban J connectivity index is 1.86. The van der Waals surface area contributed by atoms with Gasteiger partial charge in [-0.05, 0) is 42.9 Å². The van der Waals surface area contributed by atoms with Gasteiger partial charge in [-0.2, -0.15) is 0 Å². The fourth-order valence-electron chi connectivity index (χ4n) is 2.80. The van der Waals surface area contributed by atoms with E-state index < -0.39 is 6.04 Å². The Morgan fingerprint density at radius 3 is 2.65 bits per heavy atom. The molecule has 20 heavy (non-hydrogen) atoms. The quantitative estimate of drug-likeness (QED) is 0.787. The Bertz CT molecular complexity index is 444. The fourth-order valence-corrected chi connectivity index (χ4v) is 2.80. The van der Waals surface area contributed by atoms with Gasteiger partial charge in [0.05, 0.1) is 6.04 Å². The molecule has 1 aromatic carbocycles. The van der Waals surface area contributed by atoms with Crippen LogP contribution in [0, 0.1) is 5.92 Å². The van der Waals surface area contributed by atoms with E-state index in [2.05, 4.69) is 12.2 Å².